The number of anilines is 1. The molecular weight excluding hydrogens is 210 g/mol. The van der Waals surface area contributed by atoms with Crippen molar-refractivity contribution in [3.05, 3.63) is 36.7 Å². The standard InChI is InChI=1S/C12H15N3.C2H6/c1-14(2)12-6-4-10(5-7-12)11-8-13-15(3)9-11;1-2/h4-9H,1-3H3;1-2H3. The smallest absolute Gasteiger partial charge is 0.0568 e. The molecule has 0 atom stereocenters. The van der Waals surface area contributed by atoms with Crippen LogP contribution in [0.1, 0.15) is 13.8 Å². The normalized spacial score (nSPS) is 9.47. The fourth-order valence-electron chi connectivity index (χ4n) is 1.52. The highest BCUT2D eigenvalue weighted by Gasteiger charge is 2.00. The van der Waals surface area contributed by atoms with Crippen LogP contribution in [0.2, 0.25) is 0 Å². The van der Waals surface area contributed by atoms with Gasteiger partial charge in [0.25, 0.3) is 0 Å². The largest absolute Gasteiger partial charge is 0.378 e. The zero-order chi connectivity index (χ0) is 12.8. The maximum Gasteiger partial charge on any atom is 0.0568 e. The molecule has 2 aromatic rings. The Bertz CT molecular complexity index is 441. The van der Waals surface area contributed by atoms with Gasteiger partial charge in [0, 0.05) is 38.6 Å². The predicted octanol–water partition coefficient (Wildman–Crippen LogP) is 3.18. The van der Waals surface area contributed by atoms with Gasteiger partial charge in [-0.15, -0.1) is 0 Å². The van der Waals surface area contributed by atoms with Crippen LogP contribution in [-0.4, -0.2) is 23.9 Å². The van der Waals surface area contributed by atoms with Crippen molar-refractivity contribution in [1.82, 2.24) is 9.78 Å². The Morgan fingerprint density at radius 1 is 1.00 bits per heavy atom. The summed E-state index contributed by atoms with van der Waals surface area (Å²) >= 11 is 0. The van der Waals surface area contributed by atoms with Gasteiger partial charge < -0.3 is 4.90 Å². The van der Waals surface area contributed by atoms with E-state index >= 15 is 0 Å². The maximum absolute atomic E-state index is 4.16. The molecule has 92 valence electrons. The second-order valence-corrected chi connectivity index (χ2v) is 3.84. The van der Waals surface area contributed by atoms with Gasteiger partial charge in [-0.25, -0.2) is 0 Å². The Hall–Kier alpha value is -1.77. The molecule has 0 aliphatic carbocycles. The van der Waals surface area contributed by atoms with Crippen LogP contribution >= 0.6 is 0 Å². The van der Waals surface area contributed by atoms with E-state index < -0.39 is 0 Å². The van der Waals surface area contributed by atoms with Gasteiger partial charge in [-0.1, -0.05) is 26.0 Å². The molecule has 1 aromatic carbocycles. The van der Waals surface area contributed by atoms with Crippen LogP contribution in [-0.2, 0) is 7.05 Å². The minimum absolute atomic E-state index is 1.16. The molecule has 0 unspecified atom stereocenters. The quantitative estimate of drug-likeness (QED) is 0.791. The second kappa shape index (κ2) is 6.09. The summed E-state index contributed by atoms with van der Waals surface area (Å²) in [5, 5.41) is 4.16. The van der Waals surface area contributed by atoms with Crippen LogP contribution in [0.25, 0.3) is 11.1 Å². The van der Waals surface area contributed by atoms with E-state index in [4.69, 9.17) is 0 Å². The lowest BCUT2D eigenvalue weighted by molar-refractivity contribution is 0.768. The summed E-state index contributed by atoms with van der Waals surface area (Å²) in [4.78, 5) is 2.09. The zero-order valence-electron chi connectivity index (χ0n) is 11.3. The predicted molar refractivity (Wildman–Crippen MR) is 74.3 cm³/mol. The van der Waals surface area contributed by atoms with Crippen molar-refractivity contribution in [2.24, 2.45) is 7.05 Å². The Balaban J connectivity index is 0.000000686. The first-order valence-corrected chi connectivity index (χ1v) is 5.93. The third kappa shape index (κ3) is 3.34. The van der Waals surface area contributed by atoms with E-state index in [1.807, 2.05) is 52.1 Å². The van der Waals surface area contributed by atoms with E-state index in [0.29, 0.717) is 0 Å². The zero-order valence-corrected chi connectivity index (χ0v) is 11.3. The molecule has 0 saturated carbocycles. The summed E-state index contributed by atoms with van der Waals surface area (Å²) in [6.45, 7) is 4.00. The number of hydrogen-bond donors (Lipinski definition) is 0. The van der Waals surface area contributed by atoms with Gasteiger partial charge in [0.05, 0.1) is 6.20 Å². The molecule has 0 radical (unpaired) electrons. The van der Waals surface area contributed by atoms with E-state index in [2.05, 4.69) is 34.3 Å². The van der Waals surface area contributed by atoms with Gasteiger partial charge in [-0.3, -0.25) is 4.68 Å². The lowest BCUT2D eigenvalue weighted by atomic mass is 10.1. The van der Waals surface area contributed by atoms with E-state index in [1.165, 1.54) is 11.3 Å². The molecule has 1 aromatic heterocycles. The van der Waals surface area contributed by atoms with Crippen molar-refractivity contribution in [3.8, 4) is 11.1 Å². The molecule has 2 rings (SSSR count). The SMILES string of the molecule is CC.CN(C)c1ccc(-c2cnn(C)c2)cc1. The highest BCUT2D eigenvalue weighted by molar-refractivity contribution is 5.64. The molecule has 0 bridgehead atoms. The molecule has 0 fully saturated rings. The first kappa shape index (κ1) is 13.3. The number of aryl methyl sites for hydroxylation is 1. The molecule has 17 heavy (non-hydrogen) atoms. The third-order valence-electron chi connectivity index (χ3n) is 2.42. The van der Waals surface area contributed by atoms with Crippen molar-refractivity contribution < 1.29 is 0 Å². The molecule has 0 N–H and O–H groups in total. The lowest BCUT2D eigenvalue weighted by Crippen LogP contribution is -2.07. The third-order valence-corrected chi connectivity index (χ3v) is 2.42. The van der Waals surface area contributed by atoms with E-state index in [1.54, 1.807) is 0 Å². The Morgan fingerprint density at radius 2 is 1.59 bits per heavy atom. The number of hydrogen-bond acceptors (Lipinski definition) is 2. The van der Waals surface area contributed by atoms with Gasteiger partial charge in [-0.05, 0) is 17.7 Å². The van der Waals surface area contributed by atoms with Crippen molar-refractivity contribution in [3.63, 3.8) is 0 Å². The monoisotopic (exact) mass is 231 g/mol. The molecular formula is C14H21N3. The minimum atomic E-state index is 1.16. The van der Waals surface area contributed by atoms with E-state index in [-0.39, 0.29) is 0 Å². The molecule has 0 spiro atoms. The molecule has 0 amide bonds. The Morgan fingerprint density at radius 3 is 2.00 bits per heavy atom. The van der Waals surface area contributed by atoms with Gasteiger partial charge in [-0.2, -0.15) is 5.10 Å². The van der Waals surface area contributed by atoms with Crippen molar-refractivity contribution >= 4 is 5.69 Å². The molecule has 3 heteroatoms. The van der Waals surface area contributed by atoms with Crippen LogP contribution < -0.4 is 4.90 Å². The highest BCUT2D eigenvalue weighted by Crippen LogP contribution is 2.21. The van der Waals surface area contributed by atoms with Crippen molar-refractivity contribution in [1.29, 1.82) is 0 Å². The van der Waals surface area contributed by atoms with Gasteiger partial charge in [0.1, 0.15) is 0 Å². The number of rotatable bonds is 2. The van der Waals surface area contributed by atoms with Gasteiger partial charge in [0.2, 0.25) is 0 Å². The second-order valence-electron chi connectivity index (χ2n) is 3.84. The molecule has 0 aliphatic heterocycles. The highest BCUT2D eigenvalue weighted by atomic mass is 15.2. The summed E-state index contributed by atoms with van der Waals surface area (Å²) in [6.07, 6.45) is 3.90. The summed E-state index contributed by atoms with van der Waals surface area (Å²) in [5.74, 6) is 0. The van der Waals surface area contributed by atoms with Crippen LogP contribution in [0, 0.1) is 0 Å². The average Bonchev–Trinajstić information content (AvgIpc) is 2.79. The first-order valence-electron chi connectivity index (χ1n) is 5.93. The fourth-order valence-corrected chi connectivity index (χ4v) is 1.52. The van der Waals surface area contributed by atoms with Gasteiger partial charge >= 0.3 is 0 Å². The summed E-state index contributed by atoms with van der Waals surface area (Å²) in [7, 11) is 6.01. The maximum atomic E-state index is 4.16. The molecule has 3 nitrogen and oxygen atoms in total. The van der Waals surface area contributed by atoms with Crippen LogP contribution in [0.5, 0.6) is 0 Å². The lowest BCUT2D eigenvalue weighted by Gasteiger charge is -2.12. The van der Waals surface area contributed by atoms with E-state index in [0.717, 1.165) is 5.56 Å². The van der Waals surface area contributed by atoms with Crippen LogP contribution in [0.3, 0.4) is 0 Å². The van der Waals surface area contributed by atoms with Crippen molar-refractivity contribution in [2.75, 3.05) is 19.0 Å². The average molecular weight is 231 g/mol. The van der Waals surface area contributed by atoms with Crippen molar-refractivity contribution in [2.45, 2.75) is 13.8 Å². The topological polar surface area (TPSA) is 21.1 Å². The number of aromatic nitrogens is 2. The Kier molecular flexibility index (Phi) is 4.76. The summed E-state index contributed by atoms with van der Waals surface area (Å²) in [6, 6.07) is 8.46. The minimum Gasteiger partial charge on any atom is -0.378 e. The van der Waals surface area contributed by atoms with E-state index in [9.17, 15) is 0 Å². The number of nitrogens with zero attached hydrogens (tertiary/aromatic N) is 3. The summed E-state index contributed by atoms with van der Waals surface area (Å²) in [5.41, 5.74) is 3.57. The molecule has 1 heterocycles. The molecule has 0 saturated heterocycles. The summed E-state index contributed by atoms with van der Waals surface area (Å²) < 4.78 is 1.81. The van der Waals surface area contributed by atoms with Gasteiger partial charge in [0.15, 0.2) is 0 Å². The van der Waals surface area contributed by atoms with Crippen LogP contribution in [0.4, 0.5) is 5.69 Å². The fraction of sp³-hybridized carbons (Fsp3) is 0.357. The number of benzene rings is 1. The molecule has 0 aliphatic rings. The first-order chi connectivity index (χ1) is 8.16. The Labute approximate surface area is 104 Å². The van der Waals surface area contributed by atoms with Crippen LogP contribution in [0.15, 0.2) is 36.7 Å².